The Kier molecular flexibility index (Phi) is 6.29. The molecule has 19 heavy (non-hydrogen) atoms. The quantitative estimate of drug-likeness (QED) is 0.727. The summed E-state index contributed by atoms with van der Waals surface area (Å²) in [5, 5.41) is 9.33. The van der Waals surface area contributed by atoms with Crippen LogP contribution in [0.25, 0.3) is 0 Å². The number of benzene rings is 1. The van der Waals surface area contributed by atoms with Crippen LogP contribution in [-0.4, -0.2) is 5.78 Å². The summed E-state index contributed by atoms with van der Waals surface area (Å²) < 4.78 is 0. The SMILES string of the molecule is CCCC(CCC)C(=O)C(C#N)c1ccc(C)cc1. The number of carbonyl (C=O) groups excluding carboxylic acids is 1. The summed E-state index contributed by atoms with van der Waals surface area (Å²) >= 11 is 0. The van der Waals surface area contributed by atoms with E-state index in [1.807, 2.05) is 31.2 Å². The van der Waals surface area contributed by atoms with E-state index in [1.54, 1.807) is 0 Å². The van der Waals surface area contributed by atoms with Gasteiger partial charge in [0.25, 0.3) is 0 Å². The second-order valence-corrected chi connectivity index (χ2v) is 5.15. The number of hydrogen-bond acceptors (Lipinski definition) is 2. The van der Waals surface area contributed by atoms with Crippen LogP contribution in [0.2, 0.25) is 0 Å². The van der Waals surface area contributed by atoms with Crippen molar-refractivity contribution in [1.29, 1.82) is 5.26 Å². The highest BCUT2D eigenvalue weighted by atomic mass is 16.1. The van der Waals surface area contributed by atoms with Gasteiger partial charge in [-0.05, 0) is 25.3 Å². The second-order valence-electron chi connectivity index (χ2n) is 5.15. The summed E-state index contributed by atoms with van der Waals surface area (Å²) in [5.41, 5.74) is 1.97. The van der Waals surface area contributed by atoms with Crippen molar-refractivity contribution in [3.05, 3.63) is 35.4 Å². The molecule has 0 fully saturated rings. The van der Waals surface area contributed by atoms with Crippen molar-refractivity contribution in [1.82, 2.24) is 0 Å². The lowest BCUT2D eigenvalue weighted by atomic mass is 9.83. The molecule has 1 rings (SSSR count). The standard InChI is InChI=1S/C17H23NO/c1-4-6-15(7-5-2)17(19)16(12-18)14-10-8-13(3)9-11-14/h8-11,15-16H,4-7H2,1-3H3. The van der Waals surface area contributed by atoms with Gasteiger partial charge in [-0.25, -0.2) is 0 Å². The first kappa shape index (κ1) is 15.4. The lowest BCUT2D eigenvalue weighted by Crippen LogP contribution is -2.21. The highest BCUT2D eigenvalue weighted by molar-refractivity contribution is 5.90. The van der Waals surface area contributed by atoms with Gasteiger partial charge in [0.15, 0.2) is 5.78 Å². The monoisotopic (exact) mass is 257 g/mol. The molecular weight excluding hydrogens is 234 g/mol. The maximum atomic E-state index is 12.5. The van der Waals surface area contributed by atoms with Gasteiger partial charge in [-0.2, -0.15) is 5.26 Å². The molecule has 0 N–H and O–H groups in total. The van der Waals surface area contributed by atoms with Gasteiger partial charge in [-0.15, -0.1) is 0 Å². The first-order chi connectivity index (χ1) is 9.13. The van der Waals surface area contributed by atoms with E-state index in [0.29, 0.717) is 0 Å². The van der Waals surface area contributed by atoms with Crippen LogP contribution in [0.5, 0.6) is 0 Å². The molecule has 1 aromatic rings. The Bertz CT molecular complexity index is 435. The van der Waals surface area contributed by atoms with E-state index in [4.69, 9.17) is 0 Å². The van der Waals surface area contributed by atoms with Gasteiger partial charge in [-0.3, -0.25) is 4.79 Å². The lowest BCUT2D eigenvalue weighted by Gasteiger charge is -2.17. The lowest BCUT2D eigenvalue weighted by molar-refractivity contribution is -0.123. The molecule has 0 aromatic heterocycles. The van der Waals surface area contributed by atoms with E-state index >= 15 is 0 Å². The predicted molar refractivity (Wildman–Crippen MR) is 77.8 cm³/mol. The number of nitrogens with zero attached hydrogens (tertiary/aromatic N) is 1. The van der Waals surface area contributed by atoms with Gasteiger partial charge in [0, 0.05) is 5.92 Å². The van der Waals surface area contributed by atoms with Gasteiger partial charge in [-0.1, -0.05) is 56.5 Å². The molecule has 102 valence electrons. The molecular formula is C17H23NO. The van der Waals surface area contributed by atoms with Crippen LogP contribution in [0.4, 0.5) is 0 Å². The average Bonchev–Trinajstić information content (AvgIpc) is 2.41. The molecule has 0 saturated heterocycles. The van der Waals surface area contributed by atoms with Gasteiger partial charge in [0.1, 0.15) is 5.92 Å². The molecule has 2 nitrogen and oxygen atoms in total. The Labute approximate surface area is 116 Å². The van der Waals surface area contributed by atoms with Crippen LogP contribution >= 0.6 is 0 Å². The Morgan fingerprint density at radius 3 is 2.11 bits per heavy atom. The van der Waals surface area contributed by atoms with Gasteiger partial charge in [0.2, 0.25) is 0 Å². The maximum absolute atomic E-state index is 12.5. The van der Waals surface area contributed by atoms with Gasteiger partial charge < -0.3 is 0 Å². The van der Waals surface area contributed by atoms with Gasteiger partial charge >= 0.3 is 0 Å². The minimum absolute atomic E-state index is 0.0287. The Morgan fingerprint density at radius 2 is 1.68 bits per heavy atom. The third kappa shape index (κ3) is 4.21. The average molecular weight is 257 g/mol. The predicted octanol–water partition coefficient (Wildman–Crippen LogP) is 4.39. The molecule has 0 aliphatic rings. The molecule has 0 bridgehead atoms. The Hall–Kier alpha value is -1.62. The fraction of sp³-hybridized carbons (Fsp3) is 0.529. The topological polar surface area (TPSA) is 40.9 Å². The smallest absolute Gasteiger partial charge is 0.157 e. The van der Waals surface area contributed by atoms with E-state index in [9.17, 15) is 10.1 Å². The number of hydrogen-bond donors (Lipinski definition) is 0. The summed E-state index contributed by atoms with van der Waals surface area (Å²) in [7, 11) is 0. The van der Waals surface area contributed by atoms with Crippen LogP contribution in [0.3, 0.4) is 0 Å². The summed E-state index contributed by atoms with van der Waals surface area (Å²) in [6, 6.07) is 9.90. The zero-order valence-corrected chi connectivity index (χ0v) is 12.1. The normalized spacial score (nSPS) is 12.2. The molecule has 1 aromatic carbocycles. The molecule has 0 spiro atoms. The maximum Gasteiger partial charge on any atom is 0.157 e. The molecule has 1 atom stereocenters. The van der Waals surface area contributed by atoms with Crippen LogP contribution in [0.1, 0.15) is 56.6 Å². The first-order valence-corrected chi connectivity index (χ1v) is 7.13. The molecule has 0 amide bonds. The van der Waals surface area contributed by atoms with Crippen molar-refractivity contribution in [3.8, 4) is 6.07 Å². The zero-order valence-electron chi connectivity index (χ0n) is 12.1. The van der Waals surface area contributed by atoms with Crippen molar-refractivity contribution >= 4 is 5.78 Å². The number of ketones is 1. The molecule has 0 saturated carbocycles. The highest BCUT2D eigenvalue weighted by Gasteiger charge is 2.26. The van der Waals surface area contributed by atoms with E-state index in [1.165, 1.54) is 0 Å². The largest absolute Gasteiger partial charge is 0.298 e. The third-order valence-corrected chi connectivity index (χ3v) is 3.50. The van der Waals surface area contributed by atoms with E-state index in [-0.39, 0.29) is 11.7 Å². The summed E-state index contributed by atoms with van der Waals surface area (Å²) in [4.78, 5) is 12.5. The van der Waals surface area contributed by atoms with Crippen molar-refractivity contribution in [3.63, 3.8) is 0 Å². The number of Topliss-reactive ketones (excluding diaryl/α,β-unsaturated/α-hetero) is 1. The van der Waals surface area contributed by atoms with Crippen LogP contribution in [-0.2, 0) is 4.79 Å². The summed E-state index contributed by atoms with van der Waals surface area (Å²) in [6.45, 7) is 6.18. The molecule has 0 heterocycles. The zero-order chi connectivity index (χ0) is 14.3. The molecule has 0 aliphatic heterocycles. The molecule has 1 unspecified atom stereocenters. The van der Waals surface area contributed by atoms with Crippen molar-refractivity contribution in [2.75, 3.05) is 0 Å². The van der Waals surface area contributed by atoms with Crippen LogP contribution in [0, 0.1) is 24.2 Å². The molecule has 2 heteroatoms. The Morgan fingerprint density at radius 1 is 1.16 bits per heavy atom. The summed E-state index contributed by atoms with van der Waals surface area (Å²) in [5.74, 6) is -0.486. The molecule has 0 radical (unpaired) electrons. The minimum Gasteiger partial charge on any atom is -0.298 e. The summed E-state index contributed by atoms with van der Waals surface area (Å²) in [6.07, 6.45) is 3.75. The van der Waals surface area contributed by atoms with Gasteiger partial charge in [0.05, 0.1) is 6.07 Å². The minimum atomic E-state index is -0.608. The number of nitriles is 1. The van der Waals surface area contributed by atoms with E-state index < -0.39 is 5.92 Å². The third-order valence-electron chi connectivity index (χ3n) is 3.50. The number of aryl methyl sites for hydroxylation is 1. The number of rotatable bonds is 7. The van der Waals surface area contributed by atoms with Crippen LogP contribution < -0.4 is 0 Å². The second kappa shape index (κ2) is 7.74. The van der Waals surface area contributed by atoms with Crippen LogP contribution in [0.15, 0.2) is 24.3 Å². The molecule has 0 aliphatic carbocycles. The van der Waals surface area contributed by atoms with Crippen molar-refractivity contribution in [2.45, 2.75) is 52.4 Å². The fourth-order valence-corrected chi connectivity index (χ4v) is 2.42. The van der Waals surface area contributed by atoms with Crippen molar-refractivity contribution < 1.29 is 4.79 Å². The van der Waals surface area contributed by atoms with E-state index in [0.717, 1.165) is 36.8 Å². The fourth-order valence-electron chi connectivity index (χ4n) is 2.42. The Balaban J connectivity index is 2.92. The highest BCUT2D eigenvalue weighted by Crippen LogP contribution is 2.25. The number of carbonyl (C=O) groups is 1. The van der Waals surface area contributed by atoms with Crippen molar-refractivity contribution in [2.24, 2.45) is 5.92 Å². The first-order valence-electron chi connectivity index (χ1n) is 7.13. The van der Waals surface area contributed by atoms with E-state index in [2.05, 4.69) is 19.9 Å².